The van der Waals surface area contributed by atoms with Crippen molar-refractivity contribution >= 4 is 19.8 Å². The van der Waals surface area contributed by atoms with Crippen molar-refractivity contribution in [2.45, 2.75) is 290 Å². The zero-order chi connectivity index (χ0) is 59.8. The van der Waals surface area contributed by atoms with Crippen molar-refractivity contribution in [2.24, 2.45) is 0 Å². The third-order valence-corrected chi connectivity index (χ3v) is 15.3. The number of esters is 2. The van der Waals surface area contributed by atoms with E-state index in [4.69, 9.17) is 18.5 Å². The number of nitrogens with zero attached hydrogens (tertiary/aromatic N) is 1. The standard InChI is InChI=1S/C72H126NO8P/c1-6-8-10-12-14-16-18-20-22-24-25-26-27-28-29-30-31-32-33-34-35-36-37-38-39-40-41-42-43-44-45-46-47-49-51-53-55-57-59-61-63-65-72(75)81-70(69-80-82(76,77)79-67-66-73(3,4)5)68-78-71(74)64-62-60-58-56-54-52-50-48-23-21-19-17-15-13-11-9-7-2/h8-11,14-17,20-23,25-26,28-29,50,52,70H,6-7,12-13,18-19,24,27,30-49,51,53-69H2,1-5H3/p+1/b10-8-,11-9-,16-14-,17-15-,22-20-,23-21-,26-25-,29-28-,52-50-. The first-order valence-corrected chi connectivity index (χ1v) is 35.1. The van der Waals surface area contributed by atoms with Crippen LogP contribution in [0.5, 0.6) is 0 Å². The fourth-order valence-corrected chi connectivity index (χ4v) is 9.95. The molecule has 2 atom stereocenters. The first-order valence-electron chi connectivity index (χ1n) is 33.6. The normalized spacial score (nSPS) is 13.9. The van der Waals surface area contributed by atoms with Crippen LogP contribution in [-0.2, 0) is 32.7 Å². The molecule has 472 valence electrons. The van der Waals surface area contributed by atoms with E-state index >= 15 is 0 Å². The first kappa shape index (κ1) is 78.7. The summed E-state index contributed by atoms with van der Waals surface area (Å²) in [5.41, 5.74) is 0. The van der Waals surface area contributed by atoms with Gasteiger partial charge in [-0.3, -0.25) is 18.6 Å². The van der Waals surface area contributed by atoms with Crippen LogP contribution >= 0.6 is 7.82 Å². The molecular formula is C72H127NO8P+. The van der Waals surface area contributed by atoms with Crippen LogP contribution in [0.15, 0.2) is 109 Å². The molecule has 0 heterocycles. The van der Waals surface area contributed by atoms with Crippen LogP contribution in [0.4, 0.5) is 0 Å². The van der Waals surface area contributed by atoms with Gasteiger partial charge in [0.1, 0.15) is 19.8 Å². The molecule has 0 radical (unpaired) electrons. The summed E-state index contributed by atoms with van der Waals surface area (Å²) in [7, 11) is 1.46. The number of carbonyl (C=O) groups excluding carboxylic acids is 2. The highest BCUT2D eigenvalue weighted by Crippen LogP contribution is 2.43. The quantitative estimate of drug-likeness (QED) is 0.0211. The Morgan fingerprint density at radius 1 is 0.378 bits per heavy atom. The van der Waals surface area contributed by atoms with Crippen molar-refractivity contribution in [3.05, 3.63) is 109 Å². The van der Waals surface area contributed by atoms with E-state index in [2.05, 4.69) is 123 Å². The van der Waals surface area contributed by atoms with Crippen molar-refractivity contribution < 1.29 is 42.1 Å². The van der Waals surface area contributed by atoms with Crippen molar-refractivity contribution in [1.82, 2.24) is 0 Å². The molecule has 0 amide bonds. The molecule has 82 heavy (non-hydrogen) atoms. The molecule has 0 rings (SSSR count). The number of unbranched alkanes of at least 4 members (excludes halogenated alkanes) is 29. The van der Waals surface area contributed by atoms with Crippen LogP contribution in [-0.4, -0.2) is 74.9 Å². The molecule has 0 saturated carbocycles. The SMILES string of the molecule is CC/C=C\C/C=C\C/C=C\C/C=C\C/C=C\CCCCCCCCCCCCCCCCCCCCCCCCCCCC(=O)OC(COC(=O)CCCCCC/C=C\C/C=C\C/C=C\C/C=C\CC)COP(=O)(O)OCC[N+](C)(C)C. The van der Waals surface area contributed by atoms with Crippen LogP contribution in [0.3, 0.4) is 0 Å². The lowest BCUT2D eigenvalue weighted by Gasteiger charge is -2.24. The van der Waals surface area contributed by atoms with E-state index in [0.29, 0.717) is 23.9 Å². The first-order chi connectivity index (χ1) is 40.0. The monoisotopic (exact) mass is 1160 g/mol. The van der Waals surface area contributed by atoms with E-state index in [9.17, 15) is 19.0 Å². The summed E-state index contributed by atoms with van der Waals surface area (Å²) >= 11 is 0. The molecule has 10 heteroatoms. The van der Waals surface area contributed by atoms with Crippen LogP contribution in [0.1, 0.15) is 284 Å². The highest BCUT2D eigenvalue weighted by Gasteiger charge is 2.27. The Hall–Kier alpha value is -3.33. The third-order valence-electron chi connectivity index (χ3n) is 14.3. The maximum absolute atomic E-state index is 12.8. The summed E-state index contributed by atoms with van der Waals surface area (Å²) in [5, 5.41) is 0. The number of carbonyl (C=O) groups is 2. The Labute approximate surface area is 506 Å². The number of hydrogen-bond donors (Lipinski definition) is 1. The van der Waals surface area contributed by atoms with E-state index in [-0.39, 0.29) is 32.0 Å². The number of hydrogen-bond acceptors (Lipinski definition) is 7. The number of allylic oxidation sites excluding steroid dienone is 18. The van der Waals surface area contributed by atoms with Gasteiger partial charge in [0, 0.05) is 12.8 Å². The number of ether oxygens (including phenoxy) is 2. The van der Waals surface area contributed by atoms with Crippen molar-refractivity contribution in [3.8, 4) is 0 Å². The highest BCUT2D eigenvalue weighted by molar-refractivity contribution is 7.47. The van der Waals surface area contributed by atoms with Crippen molar-refractivity contribution in [2.75, 3.05) is 47.5 Å². The molecule has 1 N–H and O–H groups in total. The molecule has 0 aliphatic heterocycles. The van der Waals surface area contributed by atoms with Gasteiger partial charge in [0.15, 0.2) is 6.10 Å². The van der Waals surface area contributed by atoms with E-state index in [1.807, 2.05) is 21.1 Å². The molecule has 2 unspecified atom stereocenters. The van der Waals surface area contributed by atoms with Crippen LogP contribution < -0.4 is 0 Å². The minimum absolute atomic E-state index is 0.0249. The fourth-order valence-electron chi connectivity index (χ4n) is 9.21. The largest absolute Gasteiger partial charge is 0.472 e. The number of likely N-dealkylation sites (N-methyl/N-ethyl adjacent to an activating group) is 1. The van der Waals surface area contributed by atoms with Gasteiger partial charge in [-0.2, -0.15) is 0 Å². The molecular weight excluding hydrogens is 1040 g/mol. The Morgan fingerprint density at radius 2 is 0.659 bits per heavy atom. The van der Waals surface area contributed by atoms with E-state index in [1.54, 1.807) is 0 Å². The number of phosphoric ester groups is 1. The Bertz CT molecular complexity index is 1750. The van der Waals surface area contributed by atoms with E-state index in [0.717, 1.165) is 96.3 Å². The average Bonchev–Trinajstić information content (AvgIpc) is 3.45. The summed E-state index contributed by atoms with van der Waals surface area (Å²) in [6.07, 6.45) is 87.8. The van der Waals surface area contributed by atoms with Gasteiger partial charge in [-0.15, -0.1) is 0 Å². The van der Waals surface area contributed by atoms with Gasteiger partial charge in [-0.25, -0.2) is 4.57 Å². The van der Waals surface area contributed by atoms with Gasteiger partial charge in [-0.1, -0.05) is 284 Å². The molecule has 0 aromatic rings. The molecule has 0 fully saturated rings. The summed E-state index contributed by atoms with van der Waals surface area (Å²) in [4.78, 5) is 35.7. The second-order valence-electron chi connectivity index (χ2n) is 23.4. The number of rotatable bonds is 61. The molecule has 0 aliphatic rings. The van der Waals surface area contributed by atoms with Gasteiger partial charge in [0.2, 0.25) is 0 Å². The highest BCUT2D eigenvalue weighted by atomic mass is 31.2. The molecule has 0 saturated heterocycles. The number of phosphoric acid groups is 1. The topological polar surface area (TPSA) is 108 Å². The van der Waals surface area contributed by atoms with Crippen molar-refractivity contribution in [3.63, 3.8) is 0 Å². The predicted octanol–water partition coefficient (Wildman–Crippen LogP) is 21.7. The molecule has 0 aliphatic carbocycles. The molecule has 0 bridgehead atoms. The lowest BCUT2D eigenvalue weighted by atomic mass is 10.0. The fraction of sp³-hybridized carbons (Fsp3) is 0.722. The Morgan fingerprint density at radius 3 is 0.976 bits per heavy atom. The smallest absolute Gasteiger partial charge is 0.462 e. The number of quaternary nitrogens is 1. The average molecular weight is 1170 g/mol. The molecule has 0 spiro atoms. The van der Waals surface area contributed by atoms with Gasteiger partial charge >= 0.3 is 19.8 Å². The van der Waals surface area contributed by atoms with Crippen LogP contribution in [0, 0.1) is 0 Å². The maximum atomic E-state index is 12.8. The van der Waals surface area contributed by atoms with Gasteiger partial charge in [-0.05, 0) is 96.3 Å². The minimum Gasteiger partial charge on any atom is -0.462 e. The summed E-state index contributed by atoms with van der Waals surface area (Å²) in [5.74, 6) is -0.820. The van der Waals surface area contributed by atoms with Crippen LogP contribution in [0.2, 0.25) is 0 Å². The maximum Gasteiger partial charge on any atom is 0.472 e. The van der Waals surface area contributed by atoms with E-state index < -0.39 is 26.5 Å². The van der Waals surface area contributed by atoms with Gasteiger partial charge < -0.3 is 18.9 Å². The zero-order valence-corrected chi connectivity index (χ0v) is 54.6. The van der Waals surface area contributed by atoms with E-state index in [1.165, 1.54) is 148 Å². The lowest BCUT2D eigenvalue weighted by Crippen LogP contribution is -2.37. The summed E-state index contributed by atoms with van der Waals surface area (Å²) in [6, 6.07) is 0. The van der Waals surface area contributed by atoms with Crippen molar-refractivity contribution in [1.29, 1.82) is 0 Å². The second kappa shape index (κ2) is 62.2. The Kier molecular flexibility index (Phi) is 59.7. The minimum atomic E-state index is -4.40. The zero-order valence-electron chi connectivity index (χ0n) is 53.7. The molecule has 9 nitrogen and oxygen atoms in total. The Balaban J connectivity index is 3.93. The summed E-state index contributed by atoms with van der Waals surface area (Å²) in [6.45, 7) is 4.19. The van der Waals surface area contributed by atoms with Gasteiger partial charge in [0.25, 0.3) is 0 Å². The predicted molar refractivity (Wildman–Crippen MR) is 353 cm³/mol. The molecule has 0 aromatic heterocycles. The molecule has 0 aromatic carbocycles. The lowest BCUT2D eigenvalue weighted by molar-refractivity contribution is -0.870. The summed E-state index contributed by atoms with van der Waals surface area (Å²) < 4.78 is 34.6. The third kappa shape index (κ3) is 65.8. The second-order valence-corrected chi connectivity index (χ2v) is 24.9. The van der Waals surface area contributed by atoms with Crippen LogP contribution in [0.25, 0.3) is 0 Å². The van der Waals surface area contributed by atoms with Gasteiger partial charge in [0.05, 0.1) is 27.7 Å².